The first-order chi connectivity index (χ1) is 8.40. The molecular weight excluding hydrogens is 235 g/mol. The molecule has 0 aliphatic rings. The number of rotatable bonds is 5. The highest BCUT2D eigenvalue weighted by Crippen LogP contribution is 2.24. The lowest BCUT2D eigenvalue weighted by Gasteiger charge is -2.14. The van der Waals surface area contributed by atoms with Gasteiger partial charge in [-0.05, 0) is 26.8 Å². The van der Waals surface area contributed by atoms with Gasteiger partial charge in [-0.2, -0.15) is 0 Å². The van der Waals surface area contributed by atoms with Gasteiger partial charge in [0, 0.05) is 23.7 Å². The van der Waals surface area contributed by atoms with Crippen LogP contribution in [0.25, 0.3) is 0 Å². The fourth-order valence-corrected chi connectivity index (χ4v) is 1.52. The van der Waals surface area contributed by atoms with Gasteiger partial charge in [0.25, 0.3) is 5.91 Å². The first-order valence-electron chi connectivity index (χ1n) is 5.87. The van der Waals surface area contributed by atoms with Crippen LogP contribution in [0.1, 0.15) is 32.4 Å². The Morgan fingerprint density at radius 2 is 2.11 bits per heavy atom. The van der Waals surface area contributed by atoms with Crippen molar-refractivity contribution in [2.45, 2.75) is 32.9 Å². The summed E-state index contributed by atoms with van der Waals surface area (Å²) >= 11 is 0. The van der Waals surface area contributed by atoms with Crippen LogP contribution >= 0.6 is 0 Å². The van der Waals surface area contributed by atoms with E-state index in [0.29, 0.717) is 11.3 Å². The van der Waals surface area contributed by atoms with Crippen molar-refractivity contribution in [3.8, 4) is 5.75 Å². The predicted molar refractivity (Wildman–Crippen MR) is 67.8 cm³/mol. The average molecular weight is 254 g/mol. The summed E-state index contributed by atoms with van der Waals surface area (Å²) in [7, 11) is 0. The van der Waals surface area contributed by atoms with Crippen molar-refractivity contribution in [2.24, 2.45) is 5.73 Å². The van der Waals surface area contributed by atoms with Crippen LogP contribution in [-0.2, 0) is 4.79 Å². The van der Waals surface area contributed by atoms with Crippen LogP contribution in [0.4, 0.5) is 4.39 Å². The average Bonchev–Trinajstić information content (AvgIpc) is 2.25. The van der Waals surface area contributed by atoms with Gasteiger partial charge in [0.2, 0.25) is 0 Å². The molecule has 5 heteroatoms. The minimum Gasteiger partial charge on any atom is -0.483 e. The maximum absolute atomic E-state index is 13.1. The lowest BCUT2D eigenvalue weighted by Crippen LogP contribution is -2.34. The Kier molecular flexibility index (Phi) is 5.09. The molecule has 0 aromatic heterocycles. The number of amides is 1. The van der Waals surface area contributed by atoms with E-state index >= 15 is 0 Å². The topological polar surface area (TPSA) is 64.3 Å². The van der Waals surface area contributed by atoms with Crippen LogP contribution in [-0.4, -0.2) is 18.6 Å². The third-order valence-electron chi connectivity index (χ3n) is 2.27. The molecule has 18 heavy (non-hydrogen) atoms. The highest BCUT2D eigenvalue weighted by molar-refractivity contribution is 5.77. The molecule has 0 spiro atoms. The van der Waals surface area contributed by atoms with Crippen molar-refractivity contribution in [1.82, 2.24) is 5.32 Å². The monoisotopic (exact) mass is 254 g/mol. The van der Waals surface area contributed by atoms with E-state index in [2.05, 4.69) is 5.32 Å². The fourth-order valence-electron chi connectivity index (χ4n) is 1.52. The summed E-state index contributed by atoms with van der Waals surface area (Å²) in [4.78, 5) is 11.4. The number of carbonyl (C=O) groups excluding carboxylic acids is 1. The molecule has 1 unspecified atom stereocenters. The summed E-state index contributed by atoms with van der Waals surface area (Å²) in [6, 6.07) is 3.88. The smallest absolute Gasteiger partial charge is 0.258 e. The number of nitrogens with two attached hydrogens (primary N) is 1. The van der Waals surface area contributed by atoms with E-state index in [1.807, 2.05) is 13.8 Å². The largest absolute Gasteiger partial charge is 0.483 e. The molecule has 1 atom stereocenters. The number of benzene rings is 1. The maximum Gasteiger partial charge on any atom is 0.258 e. The standard InChI is InChI=1S/C13H19FN2O2/c1-8(2)16-13(17)7-18-12-6-10(14)4-5-11(12)9(3)15/h4-6,8-9H,7,15H2,1-3H3,(H,16,17). The van der Waals surface area contributed by atoms with Gasteiger partial charge < -0.3 is 15.8 Å². The van der Waals surface area contributed by atoms with Crippen LogP contribution in [0.5, 0.6) is 5.75 Å². The summed E-state index contributed by atoms with van der Waals surface area (Å²) < 4.78 is 18.4. The minimum absolute atomic E-state index is 0.0431. The van der Waals surface area contributed by atoms with Crippen molar-refractivity contribution in [1.29, 1.82) is 0 Å². The normalized spacial score (nSPS) is 12.3. The Morgan fingerprint density at radius 3 is 2.67 bits per heavy atom. The molecule has 3 N–H and O–H groups in total. The van der Waals surface area contributed by atoms with Crippen molar-refractivity contribution in [3.05, 3.63) is 29.6 Å². The molecule has 1 amide bonds. The summed E-state index contributed by atoms with van der Waals surface area (Å²) in [5.74, 6) is -0.354. The van der Waals surface area contributed by atoms with Crippen LogP contribution < -0.4 is 15.8 Å². The SMILES string of the molecule is CC(C)NC(=O)COc1cc(F)ccc1C(C)N. The quantitative estimate of drug-likeness (QED) is 0.841. The number of carbonyl (C=O) groups is 1. The van der Waals surface area contributed by atoms with Crippen molar-refractivity contribution in [3.63, 3.8) is 0 Å². The van der Waals surface area contributed by atoms with E-state index in [1.165, 1.54) is 12.1 Å². The van der Waals surface area contributed by atoms with E-state index in [9.17, 15) is 9.18 Å². The third kappa shape index (κ3) is 4.33. The molecule has 0 heterocycles. The van der Waals surface area contributed by atoms with E-state index in [4.69, 9.17) is 10.5 Å². The molecular formula is C13H19FN2O2. The molecule has 0 radical (unpaired) electrons. The van der Waals surface area contributed by atoms with Crippen molar-refractivity contribution < 1.29 is 13.9 Å². The molecule has 1 aromatic carbocycles. The molecule has 0 bridgehead atoms. The first kappa shape index (κ1) is 14.4. The second kappa shape index (κ2) is 6.35. The van der Waals surface area contributed by atoms with E-state index in [1.54, 1.807) is 13.0 Å². The zero-order chi connectivity index (χ0) is 13.7. The van der Waals surface area contributed by atoms with Gasteiger partial charge in [0.15, 0.2) is 6.61 Å². The molecule has 1 aromatic rings. The zero-order valence-corrected chi connectivity index (χ0v) is 10.9. The second-order valence-corrected chi connectivity index (χ2v) is 4.48. The number of nitrogens with one attached hydrogen (secondary N) is 1. The van der Waals surface area contributed by atoms with Crippen LogP contribution in [0.3, 0.4) is 0 Å². The summed E-state index contributed by atoms with van der Waals surface area (Å²) in [5.41, 5.74) is 6.42. The van der Waals surface area contributed by atoms with Gasteiger partial charge in [0.05, 0.1) is 0 Å². The number of halogens is 1. The Bertz CT molecular complexity index is 419. The molecule has 0 aliphatic carbocycles. The molecule has 0 saturated carbocycles. The van der Waals surface area contributed by atoms with Gasteiger partial charge in [0.1, 0.15) is 11.6 Å². The second-order valence-electron chi connectivity index (χ2n) is 4.48. The van der Waals surface area contributed by atoms with E-state index in [-0.39, 0.29) is 24.6 Å². The van der Waals surface area contributed by atoms with Gasteiger partial charge in [-0.3, -0.25) is 4.79 Å². The summed E-state index contributed by atoms with van der Waals surface area (Å²) in [6.45, 7) is 5.33. The zero-order valence-electron chi connectivity index (χ0n) is 10.9. The van der Waals surface area contributed by atoms with Gasteiger partial charge in [-0.25, -0.2) is 4.39 Å². The lowest BCUT2D eigenvalue weighted by atomic mass is 10.1. The molecule has 0 aliphatic heterocycles. The number of ether oxygens (including phenoxy) is 1. The lowest BCUT2D eigenvalue weighted by molar-refractivity contribution is -0.123. The number of hydrogen-bond donors (Lipinski definition) is 2. The highest BCUT2D eigenvalue weighted by atomic mass is 19.1. The number of hydrogen-bond acceptors (Lipinski definition) is 3. The highest BCUT2D eigenvalue weighted by Gasteiger charge is 2.11. The first-order valence-corrected chi connectivity index (χ1v) is 5.87. The summed E-state index contributed by atoms with van der Waals surface area (Å²) in [5, 5.41) is 2.69. The Balaban J connectivity index is 2.71. The molecule has 1 rings (SSSR count). The Hall–Kier alpha value is -1.62. The van der Waals surface area contributed by atoms with E-state index in [0.717, 1.165) is 0 Å². The van der Waals surface area contributed by atoms with Crippen LogP contribution in [0.15, 0.2) is 18.2 Å². The third-order valence-corrected chi connectivity index (χ3v) is 2.27. The van der Waals surface area contributed by atoms with Crippen LogP contribution in [0.2, 0.25) is 0 Å². The van der Waals surface area contributed by atoms with Gasteiger partial charge >= 0.3 is 0 Å². The molecule has 100 valence electrons. The molecule has 0 saturated heterocycles. The Morgan fingerprint density at radius 1 is 1.44 bits per heavy atom. The molecule has 0 fully saturated rings. The minimum atomic E-state index is -0.418. The fraction of sp³-hybridized carbons (Fsp3) is 0.462. The van der Waals surface area contributed by atoms with E-state index < -0.39 is 5.82 Å². The van der Waals surface area contributed by atoms with Crippen molar-refractivity contribution >= 4 is 5.91 Å². The maximum atomic E-state index is 13.1. The van der Waals surface area contributed by atoms with Crippen LogP contribution in [0, 0.1) is 5.82 Å². The predicted octanol–water partition coefficient (Wildman–Crippen LogP) is 1.75. The Labute approximate surface area is 106 Å². The summed E-state index contributed by atoms with van der Waals surface area (Å²) in [6.07, 6.45) is 0. The van der Waals surface area contributed by atoms with Gasteiger partial charge in [-0.15, -0.1) is 0 Å². The van der Waals surface area contributed by atoms with Crippen molar-refractivity contribution in [2.75, 3.05) is 6.61 Å². The van der Waals surface area contributed by atoms with Gasteiger partial charge in [-0.1, -0.05) is 6.07 Å². The molecule has 4 nitrogen and oxygen atoms in total.